The van der Waals surface area contributed by atoms with Crippen LogP contribution in [0.5, 0.6) is 0 Å². The third kappa shape index (κ3) is 3.85. The Kier molecular flexibility index (Phi) is 5.67. The SMILES string of the molecule is CC(=O)N1CCc2cc(S(=O)(=O)NC3CCCNC3)ccc21.Cl. The van der Waals surface area contributed by atoms with Gasteiger partial charge in [0.2, 0.25) is 15.9 Å². The van der Waals surface area contributed by atoms with Crippen LogP contribution < -0.4 is 14.9 Å². The van der Waals surface area contributed by atoms with Crippen molar-refractivity contribution < 1.29 is 13.2 Å². The molecule has 1 atom stereocenters. The summed E-state index contributed by atoms with van der Waals surface area (Å²) in [5, 5.41) is 3.20. The van der Waals surface area contributed by atoms with Gasteiger partial charge in [0.25, 0.3) is 0 Å². The highest BCUT2D eigenvalue weighted by Gasteiger charge is 2.26. The Bertz CT molecular complexity index is 687. The Labute approximate surface area is 143 Å². The fourth-order valence-corrected chi connectivity index (χ4v) is 4.43. The maximum Gasteiger partial charge on any atom is 0.240 e. The Morgan fingerprint density at radius 1 is 1.39 bits per heavy atom. The van der Waals surface area contributed by atoms with E-state index in [2.05, 4.69) is 10.0 Å². The summed E-state index contributed by atoms with van der Waals surface area (Å²) in [6.45, 7) is 3.76. The van der Waals surface area contributed by atoms with E-state index in [0.717, 1.165) is 30.6 Å². The van der Waals surface area contributed by atoms with Gasteiger partial charge in [-0.05, 0) is 49.6 Å². The maximum atomic E-state index is 12.5. The van der Waals surface area contributed by atoms with Crippen molar-refractivity contribution in [1.29, 1.82) is 0 Å². The standard InChI is InChI=1S/C15H21N3O3S.ClH/c1-11(19)18-8-6-12-9-14(4-5-15(12)18)22(20,21)17-13-3-2-7-16-10-13;/h4-5,9,13,16-17H,2-3,6-8,10H2,1H3;1H. The minimum absolute atomic E-state index is 0. The average molecular weight is 360 g/mol. The Hall–Kier alpha value is -1.15. The fourth-order valence-electron chi connectivity index (χ4n) is 3.11. The molecule has 1 aromatic rings. The van der Waals surface area contributed by atoms with Crippen LogP contribution in [-0.4, -0.2) is 40.0 Å². The number of amides is 1. The van der Waals surface area contributed by atoms with Gasteiger partial charge in [-0.2, -0.15) is 0 Å². The first-order valence-electron chi connectivity index (χ1n) is 7.61. The minimum Gasteiger partial charge on any atom is -0.315 e. The number of carbonyl (C=O) groups is 1. The lowest BCUT2D eigenvalue weighted by Gasteiger charge is -2.23. The lowest BCUT2D eigenvalue weighted by atomic mass is 10.1. The van der Waals surface area contributed by atoms with Gasteiger partial charge < -0.3 is 10.2 Å². The van der Waals surface area contributed by atoms with Crippen LogP contribution >= 0.6 is 12.4 Å². The number of hydrogen-bond donors (Lipinski definition) is 2. The number of halogens is 1. The molecule has 2 N–H and O–H groups in total. The summed E-state index contributed by atoms with van der Waals surface area (Å²) in [6.07, 6.45) is 2.53. The zero-order valence-corrected chi connectivity index (χ0v) is 14.7. The zero-order chi connectivity index (χ0) is 15.7. The first-order chi connectivity index (χ1) is 10.5. The number of anilines is 1. The number of nitrogens with zero attached hydrogens (tertiary/aromatic N) is 1. The van der Waals surface area contributed by atoms with Gasteiger partial charge in [0, 0.05) is 31.7 Å². The van der Waals surface area contributed by atoms with Gasteiger partial charge in [-0.25, -0.2) is 13.1 Å². The van der Waals surface area contributed by atoms with Crippen molar-refractivity contribution in [2.24, 2.45) is 0 Å². The monoisotopic (exact) mass is 359 g/mol. The van der Waals surface area contributed by atoms with Gasteiger partial charge in [0.15, 0.2) is 0 Å². The predicted octanol–water partition coefficient (Wildman–Crippen LogP) is 1.05. The van der Waals surface area contributed by atoms with Gasteiger partial charge in [0.05, 0.1) is 4.90 Å². The minimum atomic E-state index is -3.51. The van der Waals surface area contributed by atoms with Crippen LogP contribution in [0.4, 0.5) is 5.69 Å². The molecular formula is C15H22ClN3O3S. The Balaban J connectivity index is 0.00000192. The molecule has 1 unspecified atom stereocenters. The van der Waals surface area contributed by atoms with Crippen molar-refractivity contribution in [1.82, 2.24) is 10.0 Å². The number of sulfonamides is 1. The molecule has 1 amide bonds. The third-order valence-electron chi connectivity index (χ3n) is 4.26. The molecule has 2 heterocycles. The van der Waals surface area contributed by atoms with E-state index in [1.54, 1.807) is 23.1 Å². The van der Waals surface area contributed by atoms with Crippen molar-refractivity contribution in [3.05, 3.63) is 23.8 Å². The second kappa shape index (κ2) is 7.17. The highest BCUT2D eigenvalue weighted by atomic mass is 35.5. The smallest absolute Gasteiger partial charge is 0.240 e. The summed E-state index contributed by atoms with van der Waals surface area (Å²) in [6, 6.07) is 4.95. The molecule has 6 nitrogen and oxygen atoms in total. The fraction of sp³-hybridized carbons (Fsp3) is 0.533. The van der Waals surface area contributed by atoms with Crippen LogP contribution in [0.1, 0.15) is 25.3 Å². The van der Waals surface area contributed by atoms with Crippen molar-refractivity contribution in [3.63, 3.8) is 0 Å². The van der Waals surface area contributed by atoms with Crippen molar-refractivity contribution >= 4 is 34.0 Å². The van der Waals surface area contributed by atoms with Gasteiger partial charge >= 0.3 is 0 Å². The first kappa shape index (κ1) is 18.2. The molecule has 2 aliphatic rings. The number of benzene rings is 1. The molecule has 0 aliphatic carbocycles. The number of carbonyl (C=O) groups excluding carboxylic acids is 1. The Morgan fingerprint density at radius 2 is 2.17 bits per heavy atom. The Morgan fingerprint density at radius 3 is 2.83 bits per heavy atom. The van der Waals surface area contributed by atoms with Crippen LogP contribution in [0, 0.1) is 0 Å². The molecule has 1 saturated heterocycles. The molecule has 0 aromatic heterocycles. The van der Waals surface area contributed by atoms with Gasteiger partial charge in [0.1, 0.15) is 0 Å². The molecule has 1 aromatic carbocycles. The number of nitrogens with one attached hydrogen (secondary N) is 2. The van der Waals surface area contributed by atoms with Gasteiger partial charge in [-0.1, -0.05) is 0 Å². The molecule has 2 aliphatic heterocycles. The molecule has 3 rings (SSSR count). The van der Waals surface area contributed by atoms with E-state index in [9.17, 15) is 13.2 Å². The average Bonchev–Trinajstić information content (AvgIpc) is 2.91. The van der Waals surface area contributed by atoms with Gasteiger partial charge in [-0.3, -0.25) is 4.79 Å². The van der Waals surface area contributed by atoms with E-state index in [-0.39, 0.29) is 29.3 Å². The largest absolute Gasteiger partial charge is 0.315 e. The molecule has 0 saturated carbocycles. The predicted molar refractivity (Wildman–Crippen MR) is 91.6 cm³/mol. The highest BCUT2D eigenvalue weighted by molar-refractivity contribution is 7.89. The molecular weight excluding hydrogens is 338 g/mol. The molecule has 0 bridgehead atoms. The van der Waals surface area contributed by atoms with E-state index in [0.29, 0.717) is 19.5 Å². The molecule has 0 radical (unpaired) electrons. The number of piperidine rings is 1. The van der Waals surface area contributed by atoms with Gasteiger partial charge in [-0.15, -0.1) is 12.4 Å². The summed E-state index contributed by atoms with van der Waals surface area (Å²) in [4.78, 5) is 13.5. The molecule has 1 fully saturated rings. The molecule has 128 valence electrons. The first-order valence-corrected chi connectivity index (χ1v) is 9.10. The van der Waals surface area contributed by atoms with E-state index in [1.807, 2.05) is 0 Å². The third-order valence-corrected chi connectivity index (χ3v) is 5.77. The highest BCUT2D eigenvalue weighted by Crippen LogP contribution is 2.30. The molecule has 23 heavy (non-hydrogen) atoms. The molecule has 8 heteroatoms. The summed E-state index contributed by atoms with van der Waals surface area (Å²) >= 11 is 0. The zero-order valence-electron chi connectivity index (χ0n) is 13.0. The van der Waals surface area contributed by atoms with E-state index in [4.69, 9.17) is 0 Å². The number of rotatable bonds is 3. The second-order valence-electron chi connectivity index (χ2n) is 5.88. The normalized spacial score (nSPS) is 20.7. The maximum absolute atomic E-state index is 12.5. The van der Waals surface area contributed by atoms with Crippen molar-refractivity contribution in [3.8, 4) is 0 Å². The van der Waals surface area contributed by atoms with Crippen LogP contribution in [0.3, 0.4) is 0 Å². The van der Waals surface area contributed by atoms with Crippen LogP contribution in [0.25, 0.3) is 0 Å². The summed E-state index contributed by atoms with van der Waals surface area (Å²) in [7, 11) is -3.51. The van der Waals surface area contributed by atoms with E-state index >= 15 is 0 Å². The summed E-state index contributed by atoms with van der Waals surface area (Å²) in [5.41, 5.74) is 1.74. The van der Waals surface area contributed by atoms with E-state index in [1.165, 1.54) is 6.92 Å². The number of hydrogen-bond acceptors (Lipinski definition) is 4. The summed E-state index contributed by atoms with van der Waals surface area (Å²) in [5.74, 6) is -0.0132. The number of fused-ring (bicyclic) bond motifs is 1. The van der Waals surface area contributed by atoms with Crippen molar-refractivity contribution in [2.45, 2.75) is 37.1 Å². The topological polar surface area (TPSA) is 78.5 Å². The quantitative estimate of drug-likeness (QED) is 0.845. The molecule has 0 spiro atoms. The summed E-state index contributed by atoms with van der Waals surface area (Å²) < 4.78 is 27.8. The van der Waals surface area contributed by atoms with Crippen LogP contribution in [0.15, 0.2) is 23.1 Å². The van der Waals surface area contributed by atoms with Crippen LogP contribution in [0.2, 0.25) is 0 Å². The van der Waals surface area contributed by atoms with E-state index < -0.39 is 10.0 Å². The van der Waals surface area contributed by atoms with Crippen LogP contribution in [-0.2, 0) is 21.2 Å². The van der Waals surface area contributed by atoms with Crippen molar-refractivity contribution in [2.75, 3.05) is 24.5 Å². The lowest BCUT2D eigenvalue weighted by molar-refractivity contribution is -0.116. The second-order valence-corrected chi connectivity index (χ2v) is 7.59. The lowest BCUT2D eigenvalue weighted by Crippen LogP contribution is -2.45.